The zero-order valence-corrected chi connectivity index (χ0v) is 8.42. The third-order valence-corrected chi connectivity index (χ3v) is 2.48. The van der Waals surface area contributed by atoms with E-state index in [1.54, 1.807) is 0 Å². The molecular weight excluding hydrogens is 279 g/mol. The number of carboxylic acid groups (broad SMARTS) is 1. The molecule has 6 heteroatoms. The Morgan fingerprint density at radius 1 is 1.73 bits per heavy atom. The average molecular weight is 284 g/mol. The van der Waals surface area contributed by atoms with E-state index in [1.165, 1.54) is 11.8 Å². The van der Waals surface area contributed by atoms with Gasteiger partial charge in [0.15, 0.2) is 0 Å². The molecule has 0 aromatic carbocycles. The van der Waals surface area contributed by atoms with Crippen LogP contribution in [0.4, 0.5) is 0 Å². The minimum atomic E-state index is -0.820. The van der Waals surface area contributed by atoms with Gasteiger partial charge in [-0.1, -0.05) is 11.8 Å². The highest BCUT2D eigenvalue weighted by atomic mass is 127. The van der Waals surface area contributed by atoms with Crippen LogP contribution in [0, 0.1) is 0 Å². The molecule has 1 aliphatic rings. The fourth-order valence-corrected chi connectivity index (χ4v) is 1.89. The van der Waals surface area contributed by atoms with Crippen LogP contribution >= 0.6 is 34.4 Å². The second kappa shape index (κ2) is 4.05. The minimum absolute atomic E-state index is 0.0677. The van der Waals surface area contributed by atoms with Gasteiger partial charge in [0.25, 0.3) is 0 Å². The van der Waals surface area contributed by atoms with Crippen LogP contribution in [0.2, 0.25) is 0 Å². The normalized spacial score (nSPS) is 16.1. The van der Waals surface area contributed by atoms with Gasteiger partial charge in [0.1, 0.15) is 8.76 Å². The number of rotatable bonds is 2. The van der Waals surface area contributed by atoms with E-state index in [-0.39, 0.29) is 5.75 Å². The lowest BCUT2D eigenvalue weighted by Gasteiger charge is -1.93. The van der Waals surface area contributed by atoms with Crippen molar-refractivity contribution in [2.24, 2.45) is 10.2 Å². The predicted molar refractivity (Wildman–Crippen MR) is 53.6 cm³/mol. The summed E-state index contributed by atoms with van der Waals surface area (Å²) < 4.78 is 0.912. The van der Waals surface area contributed by atoms with Crippen molar-refractivity contribution in [1.29, 1.82) is 0 Å². The highest BCUT2D eigenvalue weighted by molar-refractivity contribution is 14.1. The summed E-state index contributed by atoms with van der Waals surface area (Å²) in [5.74, 6) is -0.752. The Morgan fingerprint density at radius 3 is 2.91 bits per heavy atom. The van der Waals surface area contributed by atoms with Crippen molar-refractivity contribution in [2.75, 3.05) is 5.75 Å². The van der Waals surface area contributed by atoms with Crippen molar-refractivity contribution in [2.45, 2.75) is 6.42 Å². The summed E-state index contributed by atoms with van der Waals surface area (Å²) in [5.41, 5.74) is 0. The van der Waals surface area contributed by atoms with Gasteiger partial charge in [-0.05, 0) is 22.6 Å². The van der Waals surface area contributed by atoms with Crippen LogP contribution in [-0.4, -0.2) is 25.6 Å². The molecule has 0 saturated heterocycles. The van der Waals surface area contributed by atoms with E-state index in [0.717, 1.165) is 8.76 Å². The van der Waals surface area contributed by atoms with Crippen LogP contribution in [0.5, 0.6) is 0 Å². The Balaban J connectivity index is 2.27. The maximum atomic E-state index is 10.1. The Kier molecular flexibility index (Phi) is 3.31. The molecule has 1 rings (SSSR count). The summed E-state index contributed by atoms with van der Waals surface area (Å²) in [6, 6.07) is 0. The number of hydrogen-bond donors (Lipinski definition) is 1. The lowest BCUT2D eigenvalue weighted by atomic mass is 10.5. The van der Waals surface area contributed by atoms with Crippen LogP contribution in [0.1, 0.15) is 6.42 Å². The van der Waals surface area contributed by atoms with Crippen LogP contribution in [0.3, 0.4) is 0 Å². The molecule has 0 spiro atoms. The monoisotopic (exact) mass is 284 g/mol. The molecule has 0 saturated carbocycles. The van der Waals surface area contributed by atoms with Crippen molar-refractivity contribution in [1.82, 2.24) is 0 Å². The van der Waals surface area contributed by atoms with Gasteiger partial charge in [-0.15, -0.1) is 10.2 Å². The van der Waals surface area contributed by atoms with E-state index in [0.29, 0.717) is 6.42 Å². The van der Waals surface area contributed by atoms with E-state index in [1.807, 2.05) is 0 Å². The lowest BCUT2D eigenvalue weighted by Crippen LogP contribution is -2.02. The third-order valence-electron chi connectivity index (χ3n) is 0.929. The number of aliphatic carboxylic acids is 1. The molecule has 60 valence electrons. The van der Waals surface area contributed by atoms with Crippen LogP contribution in [0.15, 0.2) is 10.2 Å². The molecule has 0 fully saturated rings. The number of carbonyl (C=O) groups is 1. The quantitative estimate of drug-likeness (QED) is 0.779. The van der Waals surface area contributed by atoms with E-state index in [4.69, 9.17) is 5.11 Å². The van der Waals surface area contributed by atoms with Crippen LogP contribution in [0.25, 0.3) is 0 Å². The molecule has 1 N–H and O–H groups in total. The van der Waals surface area contributed by atoms with E-state index in [9.17, 15) is 4.79 Å². The van der Waals surface area contributed by atoms with E-state index < -0.39 is 5.97 Å². The maximum absolute atomic E-state index is 10.1. The molecule has 4 nitrogen and oxygen atoms in total. The molecule has 11 heavy (non-hydrogen) atoms. The van der Waals surface area contributed by atoms with Crippen molar-refractivity contribution in [3.05, 3.63) is 0 Å². The van der Waals surface area contributed by atoms with Gasteiger partial charge in [0.05, 0.1) is 5.75 Å². The Bertz CT molecular complexity index is 239. The summed E-state index contributed by atoms with van der Waals surface area (Å²) in [4.78, 5) is 10.1. The first kappa shape index (κ1) is 8.98. The summed E-state index contributed by atoms with van der Waals surface area (Å²) in [5, 5.41) is 16.7. The molecule has 1 heterocycles. The SMILES string of the molecule is O=C(O)CSC1=NN=C(I)C1. The highest BCUT2D eigenvalue weighted by Gasteiger charge is 2.11. The molecule has 1 aliphatic heterocycles. The first-order valence-corrected chi connectivity index (χ1v) is 4.88. The minimum Gasteiger partial charge on any atom is -0.481 e. The van der Waals surface area contributed by atoms with Gasteiger partial charge in [0.2, 0.25) is 0 Å². The predicted octanol–water partition coefficient (Wildman–Crippen LogP) is 1.35. The number of hydrogen-bond acceptors (Lipinski definition) is 4. The molecule has 0 aliphatic carbocycles. The van der Waals surface area contributed by atoms with Crippen molar-refractivity contribution < 1.29 is 9.90 Å². The van der Waals surface area contributed by atoms with Gasteiger partial charge in [-0.2, -0.15) is 0 Å². The number of nitrogens with zero attached hydrogens (tertiary/aromatic N) is 2. The summed E-state index contributed by atoms with van der Waals surface area (Å²) in [6.45, 7) is 0. The van der Waals surface area contributed by atoms with E-state index >= 15 is 0 Å². The number of thioether (sulfide) groups is 1. The fraction of sp³-hybridized carbons (Fsp3) is 0.400. The standard InChI is InChI=1S/C5H5IN2O2S/c6-3-1-4(8-7-3)11-2-5(9)10/h1-2H2,(H,9,10). The molecule has 0 atom stereocenters. The van der Waals surface area contributed by atoms with Crippen molar-refractivity contribution >= 4 is 49.1 Å². The second-order valence-electron chi connectivity index (χ2n) is 1.83. The van der Waals surface area contributed by atoms with Gasteiger partial charge in [0, 0.05) is 6.42 Å². The highest BCUT2D eigenvalue weighted by Crippen LogP contribution is 2.16. The largest absolute Gasteiger partial charge is 0.481 e. The van der Waals surface area contributed by atoms with Gasteiger partial charge in [-0.3, -0.25) is 4.79 Å². The summed E-state index contributed by atoms with van der Waals surface area (Å²) in [7, 11) is 0. The fourth-order valence-electron chi connectivity index (χ4n) is 0.530. The first-order valence-electron chi connectivity index (χ1n) is 2.82. The molecule has 0 amide bonds. The second-order valence-corrected chi connectivity index (χ2v) is 4.12. The molecule has 0 aromatic rings. The maximum Gasteiger partial charge on any atom is 0.313 e. The van der Waals surface area contributed by atoms with Gasteiger partial charge in [-0.25, -0.2) is 0 Å². The summed E-state index contributed by atoms with van der Waals surface area (Å²) >= 11 is 3.31. The molecule has 0 unspecified atom stereocenters. The number of carboxylic acids is 1. The Morgan fingerprint density at radius 2 is 2.45 bits per heavy atom. The van der Waals surface area contributed by atoms with Gasteiger partial charge < -0.3 is 5.11 Å². The molecular formula is C5H5IN2O2S. The number of halogens is 1. The third kappa shape index (κ3) is 3.19. The smallest absolute Gasteiger partial charge is 0.313 e. The van der Waals surface area contributed by atoms with Crippen molar-refractivity contribution in [3.8, 4) is 0 Å². The van der Waals surface area contributed by atoms with Gasteiger partial charge >= 0.3 is 5.97 Å². The van der Waals surface area contributed by atoms with Crippen molar-refractivity contribution in [3.63, 3.8) is 0 Å². The average Bonchev–Trinajstić information content (AvgIpc) is 2.31. The van der Waals surface area contributed by atoms with Crippen LogP contribution in [-0.2, 0) is 4.79 Å². The first-order chi connectivity index (χ1) is 5.18. The zero-order chi connectivity index (χ0) is 8.27. The zero-order valence-electron chi connectivity index (χ0n) is 5.45. The Hall–Kier alpha value is -0.110. The molecule has 0 radical (unpaired) electrons. The molecule has 0 aromatic heterocycles. The summed E-state index contributed by atoms with van der Waals surface area (Å²) in [6.07, 6.45) is 0.693. The lowest BCUT2D eigenvalue weighted by molar-refractivity contribution is -0.133. The topological polar surface area (TPSA) is 62.0 Å². The van der Waals surface area contributed by atoms with E-state index in [2.05, 4.69) is 32.8 Å². The van der Waals surface area contributed by atoms with Crippen LogP contribution < -0.4 is 0 Å². The molecule has 0 bridgehead atoms. The Labute approximate surface area is 81.3 Å².